The lowest BCUT2D eigenvalue weighted by Crippen LogP contribution is -2.47. The topological polar surface area (TPSA) is 6.48 Å². The van der Waals surface area contributed by atoms with Crippen LogP contribution in [0, 0.1) is 25.7 Å². The molecule has 0 atom stereocenters. The molecule has 0 aromatic heterocycles. The average Bonchev–Trinajstić information content (AvgIpc) is 2.46. The summed E-state index contributed by atoms with van der Waals surface area (Å²) < 4.78 is 0. The molecule has 2 fully saturated rings. The van der Waals surface area contributed by atoms with Gasteiger partial charge in [0.25, 0.3) is 0 Å². The van der Waals surface area contributed by atoms with E-state index in [1.165, 1.54) is 68.8 Å². The predicted octanol–water partition coefficient (Wildman–Crippen LogP) is 3.86. The van der Waals surface area contributed by atoms with Crippen LogP contribution in [0.2, 0.25) is 0 Å². The molecule has 1 aromatic carbocycles. The number of rotatable bonds is 4. The second-order valence-electron chi connectivity index (χ2n) is 7.28. The van der Waals surface area contributed by atoms with E-state index in [0.717, 1.165) is 11.8 Å². The van der Waals surface area contributed by atoms with Gasteiger partial charge in [-0.15, -0.1) is 0 Å². The van der Waals surface area contributed by atoms with E-state index in [4.69, 9.17) is 0 Å². The minimum absolute atomic E-state index is 0.996. The first kappa shape index (κ1) is 14.9. The first-order valence-electron chi connectivity index (χ1n) is 8.67. The molecule has 1 heterocycles. The van der Waals surface area contributed by atoms with E-state index >= 15 is 0 Å². The average molecular weight is 286 g/mol. The van der Waals surface area contributed by atoms with Crippen molar-refractivity contribution >= 4 is 5.69 Å². The number of aryl methyl sites for hydroxylation is 1. The van der Waals surface area contributed by atoms with Crippen molar-refractivity contribution < 1.29 is 0 Å². The third-order valence-corrected chi connectivity index (χ3v) is 5.61. The van der Waals surface area contributed by atoms with Gasteiger partial charge in [-0.05, 0) is 68.7 Å². The van der Waals surface area contributed by atoms with E-state index in [0.29, 0.717) is 0 Å². The number of hydrogen-bond acceptors (Lipinski definition) is 2. The van der Waals surface area contributed by atoms with Crippen LogP contribution < -0.4 is 4.90 Å². The Morgan fingerprint density at radius 1 is 1.05 bits per heavy atom. The SMILES string of the molecule is Cc1cccc(N2CCN(CC[C@H]3C[C@@H](C)C3)CC2)c1C. The third kappa shape index (κ3) is 3.42. The van der Waals surface area contributed by atoms with E-state index in [9.17, 15) is 0 Å². The van der Waals surface area contributed by atoms with Gasteiger partial charge in [0, 0.05) is 31.9 Å². The molecule has 0 amide bonds. The van der Waals surface area contributed by atoms with Crippen molar-refractivity contribution in [2.24, 2.45) is 11.8 Å². The maximum Gasteiger partial charge on any atom is 0.0399 e. The molecule has 0 radical (unpaired) electrons. The number of nitrogens with zero attached hydrogens (tertiary/aromatic N) is 2. The van der Waals surface area contributed by atoms with Crippen molar-refractivity contribution in [3.8, 4) is 0 Å². The molecule has 1 aromatic rings. The summed E-state index contributed by atoms with van der Waals surface area (Å²) in [5, 5.41) is 0. The Balaban J connectivity index is 1.47. The highest BCUT2D eigenvalue weighted by atomic mass is 15.3. The summed E-state index contributed by atoms with van der Waals surface area (Å²) in [6, 6.07) is 6.70. The standard InChI is InChI=1S/C19H30N2/c1-15-13-18(14-15)7-8-20-9-11-21(12-10-20)19-6-4-5-16(2)17(19)3/h4-6,15,18H,7-14H2,1-3H3/t15-,18+. The highest BCUT2D eigenvalue weighted by Gasteiger charge is 2.26. The predicted molar refractivity (Wildman–Crippen MR) is 91.1 cm³/mol. The molecule has 116 valence electrons. The van der Waals surface area contributed by atoms with Crippen LogP contribution in [-0.4, -0.2) is 37.6 Å². The summed E-state index contributed by atoms with van der Waals surface area (Å²) in [7, 11) is 0. The van der Waals surface area contributed by atoms with E-state index in [1.54, 1.807) is 0 Å². The maximum absolute atomic E-state index is 2.67. The summed E-state index contributed by atoms with van der Waals surface area (Å²) >= 11 is 0. The van der Waals surface area contributed by atoms with Crippen LogP contribution in [0.4, 0.5) is 5.69 Å². The number of benzene rings is 1. The van der Waals surface area contributed by atoms with Crippen molar-refractivity contribution in [1.29, 1.82) is 0 Å². The van der Waals surface area contributed by atoms with Crippen LogP contribution in [0.15, 0.2) is 18.2 Å². The Labute approximate surface area is 130 Å². The molecule has 1 saturated heterocycles. The molecular weight excluding hydrogens is 256 g/mol. The van der Waals surface area contributed by atoms with Gasteiger partial charge in [0.15, 0.2) is 0 Å². The van der Waals surface area contributed by atoms with Crippen LogP contribution in [0.3, 0.4) is 0 Å². The second kappa shape index (κ2) is 6.39. The van der Waals surface area contributed by atoms with Gasteiger partial charge in [-0.25, -0.2) is 0 Å². The van der Waals surface area contributed by atoms with Crippen molar-refractivity contribution in [3.63, 3.8) is 0 Å². The zero-order valence-corrected chi connectivity index (χ0v) is 13.9. The van der Waals surface area contributed by atoms with Crippen molar-refractivity contribution in [2.45, 2.75) is 40.0 Å². The lowest BCUT2D eigenvalue weighted by Gasteiger charge is -2.39. The van der Waals surface area contributed by atoms with E-state index in [1.807, 2.05) is 0 Å². The van der Waals surface area contributed by atoms with Crippen molar-refractivity contribution in [1.82, 2.24) is 4.90 Å². The lowest BCUT2D eigenvalue weighted by molar-refractivity contribution is 0.162. The number of anilines is 1. The van der Waals surface area contributed by atoms with Gasteiger partial charge in [0.2, 0.25) is 0 Å². The van der Waals surface area contributed by atoms with Crippen molar-refractivity contribution in [3.05, 3.63) is 29.3 Å². The third-order valence-electron chi connectivity index (χ3n) is 5.61. The molecule has 21 heavy (non-hydrogen) atoms. The van der Waals surface area contributed by atoms with Crippen LogP contribution in [0.5, 0.6) is 0 Å². The normalized spacial score (nSPS) is 26.7. The maximum atomic E-state index is 2.67. The summed E-state index contributed by atoms with van der Waals surface area (Å²) in [6.45, 7) is 13.0. The monoisotopic (exact) mass is 286 g/mol. The van der Waals surface area contributed by atoms with Crippen molar-refractivity contribution in [2.75, 3.05) is 37.6 Å². The van der Waals surface area contributed by atoms with Gasteiger partial charge in [-0.3, -0.25) is 4.90 Å². The smallest absolute Gasteiger partial charge is 0.0399 e. The summed E-state index contributed by atoms with van der Waals surface area (Å²) in [5.74, 6) is 2.02. The fourth-order valence-electron chi connectivity index (χ4n) is 3.96. The Bertz CT molecular complexity index is 468. The second-order valence-corrected chi connectivity index (χ2v) is 7.28. The summed E-state index contributed by atoms with van der Waals surface area (Å²) in [4.78, 5) is 5.24. The molecule has 2 aliphatic rings. The summed E-state index contributed by atoms with van der Waals surface area (Å²) in [6.07, 6.45) is 4.37. The first-order chi connectivity index (χ1) is 10.1. The molecule has 2 heteroatoms. The van der Waals surface area contributed by atoms with Gasteiger partial charge in [-0.2, -0.15) is 0 Å². The van der Waals surface area contributed by atoms with E-state index < -0.39 is 0 Å². The minimum atomic E-state index is 0.996. The van der Waals surface area contributed by atoms with Crippen LogP contribution in [0.1, 0.15) is 37.3 Å². The van der Waals surface area contributed by atoms with Gasteiger partial charge in [0.1, 0.15) is 0 Å². The lowest BCUT2D eigenvalue weighted by atomic mass is 9.74. The molecule has 3 rings (SSSR count). The largest absolute Gasteiger partial charge is 0.369 e. The highest BCUT2D eigenvalue weighted by Crippen LogP contribution is 2.35. The fraction of sp³-hybridized carbons (Fsp3) is 0.684. The Morgan fingerprint density at radius 2 is 1.76 bits per heavy atom. The molecule has 0 unspecified atom stereocenters. The molecule has 1 aliphatic heterocycles. The van der Waals surface area contributed by atoms with E-state index in [-0.39, 0.29) is 0 Å². The minimum Gasteiger partial charge on any atom is -0.369 e. The number of hydrogen-bond donors (Lipinski definition) is 0. The van der Waals surface area contributed by atoms with Gasteiger partial charge >= 0.3 is 0 Å². The van der Waals surface area contributed by atoms with Crippen LogP contribution >= 0.6 is 0 Å². The molecule has 0 spiro atoms. The fourth-order valence-corrected chi connectivity index (χ4v) is 3.96. The molecule has 0 bridgehead atoms. The first-order valence-corrected chi connectivity index (χ1v) is 8.67. The molecule has 2 nitrogen and oxygen atoms in total. The zero-order chi connectivity index (χ0) is 14.8. The molecular formula is C19H30N2. The Morgan fingerprint density at radius 3 is 2.43 bits per heavy atom. The van der Waals surface area contributed by atoms with Crippen LogP contribution in [-0.2, 0) is 0 Å². The Kier molecular flexibility index (Phi) is 4.54. The zero-order valence-electron chi connectivity index (χ0n) is 13.9. The highest BCUT2D eigenvalue weighted by molar-refractivity contribution is 5.56. The van der Waals surface area contributed by atoms with Gasteiger partial charge in [0.05, 0.1) is 0 Å². The Hall–Kier alpha value is -1.02. The van der Waals surface area contributed by atoms with E-state index in [2.05, 4.69) is 48.8 Å². The molecule has 1 saturated carbocycles. The van der Waals surface area contributed by atoms with Crippen LogP contribution in [0.25, 0.3) is 0 Å². The molecule has 0 N–H and O–H groups in total. The van der Waals surface area contributed by atoms with Gasteiger partial charge < -0.3 is 4.90 Å². The number of piperazine rings is 1. The van der Waals surface area contributed by atoms with Gasteiger partial charge in [-0.1, -0.05) is 19.1 Å². The molecule has 1 aliphatic carbocycles. The quantitative estimate of drug-likeness (QED) is 0.829. The summed E-state index contributed by atoms with van der Waals surface area (Å²) in [5.41, 5.74) is 4.31.